The molecule has 0 radical (unpaired) electrons. The molecule has 2 rings (SSSR count). The van der Waals surface area contributed by atoms with E-state index in [1.54, 1.807) is 0 Å². The van der Waals surface area contributed by atoms with Gasteiger partial charge in [-0.2, -0.15) is 0 Å². The van der Waals surface area contributed by atoms with Gasteiger partial charge in [0.05, 0.1) is 0 Å². The molecular formula is C17H21NO. The van der Waals surface area contributed by atoms with E-state index in [9.17, 15) is 0 Å². The van der Waals surface area contributed by atoms with Gasteiger partial charge in [0.25, 0.3) is 0 Å². The summed E-state index contributed by atoms with van der Waals surface area (Å²) >= 11 is 0. The molecule has 0 fully saturated rings. The van der Waals surface area contributed by atoms with Crippen LogP contribution in [-0.2, 0) is 19.6 Å². The summed E-state index contributed by atoms with van der Waals surface area (Å²) in [7, 11) is 0. The van der Waals surface area contributed by atoms with E-state index < -0.39 is 0 Å². The Bertz CT molecular complexity index is 531. The first-order valence-electron chi connectivity index (χ1n) is 6.73. The van der Waals surface area contributed by atoms with E-state index in [1.165, 1.54) is 16.7 Å². The maximum Gasteiger partial charge on any atom is 0.124 e. The van der Waals surface area contributed by atoms with Crippen LogP contribution in [0.5, 0.6) is 5.75 Å². The first-order chi connectivity index (χ1) is 9.22. The Hall–Kier alpha value is -1.80. The largest absolute Gasteiger partial charge is 0.489 e. The van der Waals surface area contributed by atoms with Gasteiger partial charge in [-0.1, -0.05) is 48.9 Å². The van der Waals surface area contributed by atoms with Crippen LogP contribution in [0.4, 0.5) is 0 Å². The Balaban J connectivity index is 2.05. The zero-order valence-corrected chi connectivity index (χ0v) is 11.6. The Kier molecular flexibility index (Phi) is 4.58. The van der Waals surface area contributed by atoms with Crippen LogP contribution in [0.15, 0.2) is 42.5 Å². The molecule has 0 saturated carbocycles. The molecule has 2 N–H and O–H groups in total. The molecule has 0 spiro atoms. The lowest BCUT2D eigenvalue weighted by atomic mass is 10.1. The molecule has 2 aromatic carbocycles. The van der Waals surface area contributed by atoms with Crippen molar-refractivity contribution in [2.24, 2.45) is 5.73 Å². The first kappa shape index (κ1) is 13.6. The summed E-state index contributed by atoms with van der Waals surface area (Å²) in [6, 6.07) is 14.7. The standard InChI is InChI=1S/C17H21NO/c1-3-14-5-7-15(8-6-14)12-19-17-9-4-13(2)10-16(17)11-18/h4-10H,3,11-12,18H2,1-2H3. The summed E-state index contributed by atoms with van der Waals surface area (Å²) in [6.45, 7) is 5.31. The molecule has 0 heterocycles. The molecule has 2 aromatic rings. The summed E-state index contributed by atoms with van der Waals surface area (Å²) in [6.07, 6.45) is 1.07. The molecule has 2 heteroatoms. The zero-order valence-electron chi connectivity index (χ0n) is 11.6. The van der Waals surface area contributed by atoms with Crippen molar-refractivity contribution in [3.63, 3.8) is 0 Å². The van der Waals surface area contributed by atoms with Gasteiger partial charge >= 0.3 is 0 Å². The summed E-state index contributed by atoms with van der Waals surface area (Å²) in [4.78, 5) is 0. The Morgan fingerprint density at radius 1 is 1.00 bits per heavy atom. The van der Waals surface area contributed by atoms with E-state index in [4.69, 9.17) is 10.5 Å². The van der Waals surface area contributed by atoms with Crippen molar-refractivity contribution in [2.75, 3.05) is 0 Å². The van der Waals surface area contributed by atoms with Crippen LogP contribution < -0.4 is 10.5 Å². The number of benzene rings is 2. The molecule has 0 amide bonds. The Morgan fingerprint density at radius 2 is 1.68 bits per heavy atom. The zero-order chi connectivity index (χ0) is 13.7. The average Bonchev–Trinajstić information content (AvgIpc) is 2.46. The number of ether oxygens (including phenoxy) is 1. The van der Waals surface area contributed by atoms with Crippen LogP contribution in [0.1, 0.15) is 29.2 Å². The maximum atomic E-state index is 5.86. The molecular weight excluding hydrogens is 234 g/mol. The topological polar surface area (TPSA) is 35.2 Å². The third-order valence-corrected chi connectivity index (χ3v) is 3.26. The number of aryl methyl sites for hydroxylation is 2. The lowest BCUT2D eigenvalue weighted by molar-refractivity contribution is 0.303. The van der Waals surface area contributed by atoms with Crippen molar-refractivity contribution < 1.29 is 4.74 Å². The predicted molar refractivity (Wildman–Crippen MR) is 79.2 cm³/mol. The van der Waals surface area contributed by atoms with Crippen molar-refractivity contribution in [1.82, 2.24) is 0 Å². The lowest BCUT2D eigenvalue weighted by Crippen LogP contribution is -2.03. The molecule has 2 nitrogen and oxygen atoms in total. The van der Waals surface area contributed by atoms with E-state index >= 15 is 0 Å². The van der Waals surface area contributed by atoms with Crippen LogP contribution in [-0.4, -0.2) is 0 Å². The third kappa shape index (κ3) is 3.58. The minimum atomic E-state index is 0.506. The normalized spacial score (nSPS) is 10.5. The van der Waals surface area contributed by atoms with Crippen LogP contribution in [0.25, 0.3) is 0 Å². The van der Waals surface area contributed by atoms with E-state index in [0.29, 0.717) is 13.2 Å². The summed E-state index contributed by atoms with van der Waals surface area (Å²) in [5.41, 5.74) is 10.5. The van der Waals surface area contributed by atoms with Crippen molar-refractivity contribution >= 4 is 0 Å². The van der Waals surface area contributed by atoms with Gasteiger partial charge in [-0.05, 0) is 30.5 Å². The van der Waals surface area contributed by atoms with Gasteiger partial charge in [0.15, 0.2) is 0 Å². The Morgan fingerprint density at radius 3 is 2.32 bits per heavy atom. The molecule has 0 bridgehead atoms. The van der Waals surface area contributed by atoms with Gasteiger partial charge in [0.2, 0.25) is 0 Å². The second-order valence-electron chi connectivity index (χ2n) is 4.77. The first-order valence-corrected chi connectivity index (χ1v) is 6.73. The molecule has 0 aliphatic carbocycles. The maximum absolute atomic E-state index is 5.86. The average molecular weight is 255 g/mol. The number of rotatable bonds is 5. The van der Waals surface area contributed by atoms with E-state index in [2.05, 4.69) is 50.2 Å². The summed E-state index contributed by atoms with van der Waals surface area (Å²) in [5.74, 6) is 0.882. The van der Waals surface area contributed by atoms with Gasteiger partial charge in [-0.25, -0.2) is 0 Å². The predicted octanol–water partition coefficient (Wildman–Crippen LogP) is 3.60. The minimum Gasteiger partial charge on any atom is -0.489 e. The number of nitrogens with two attached hydrogens (primary N) is 1. The van der Waals surface area contributed by atoms with E-state index in [-0.39, 0.29) is 0 Å². The second kappa shape index (κ2) is 6.39. The fourth-order valence-electron chi connectivity index (χ4n) is 2.04. The van der Waals surface area contributed by atoms with Crippen molar-refractivity contribution in [1.29, 1.82) is 0 Å². The molecule has 0 saturated heterocycles. The van der Waals surface area contributed by atoms with Crippen LogP contribution >= 0.6 is 0 Å². The fourth-order valence-corrected chi connectivity index (χ4v) is 2.04. The summed E-state index contributed by atoms with van der Waals surface area (Å²) < 4.78 is 5.86. The van der Waals surface area contributed by atoms with Crippen molar-refractivity contribution in [3.8, 4) is 5.75 Å². The number of hydrogen-bond donors (Lipinski definition) is 1. The van der Waals surface area contributed by atoms with Gasteiger partial charge in [-0.3, -0.25) is 0 Å². The second-order valence-corrected chi connectivity index (χ2v) is 4.77. The molecule has 0 aliphatic heterocycles. The molecule has 19 heavy (non-hydrogen) atoms. The van der Waals surface area contributed by atoms with Gasteiger partial charge < -0.3 is 10.5 Å². The van der Waals surface area contributed by atoms with E-state index in [0.717, 1.165) is 17.7 Å². The van der Waals surface area contributed by atoms with Gasteiger partial charge in [0, 0.05) is 12.1 Å². The van der Waals surface area contributed by atoms with Crippen LogP contribution in [0, 0.1) is 6.92 Å². The van der Waals surface area contributed by atoms with E-state index in [1.807, 2.05) is 6.07 Å². The highest BCUT2D eigenvalue weighted by Crippen LogP contribution is 2.20. The Labute approximate surface area is 115 Å². The fraction of sp³-hybridized carbons (Fsp3) is 0.294. The highest BCUT2D eigenvalue weighted by molar-refractivity contribution is 5.37. The highest BCUT2D eigenvalue weighted by atomic mass is 16.5. The monoisotopic (exact) mass is 255 g/mol. The summed E-state index contributed by atoms with van der Waals surface area (Å²) in [5, 5.41) is 0. The van der Waals surface area contributed by atoms with Crippen molar-refractivity contribution in [3.05, 3.63) is 64.7 Å². The molecule has 0 unspecified atom stereocenters. The van der Waals surface area contributed by atoms with Crippen LogP contribution in [0.3, 0.4) is 0 Å². The molecule has 0 aliphatic rings. The molecule has 0 atom stereocenters. The quantitative estimate of drug-likeness (QED) is 0.886. The highest BCUT2D eigenvalue weighted by Gasteiger charge is 2.03. The van der Waals surface area contributed by atoms with Gasteiger partial charge in [-0.15, -0.1) is 0 Å². The van der Waals surface area contributed by atoms with Gasteiger partial charge in [0.1, 0.15) is 12.4 Å². The SMILES string of the molecule is CCc1ccc(COc2ccc(C)cc2CN)cc1. The molecule has 100 valence electrons. The smallest absolute Gasteiger partial charge is 0.124 e. The van der Waals surface area contributed by atoms with Crippen molar-refractivity contribution in [2.45, 2.75) is 33.4 Å². The number of hydrogen-bond acceptors (Lipinski definition) is 2. The minimum absolute atomic E-state index is 0.506. The van der Waals surface area contributed by atoms with Crippen LogP contribution in [0.2, 0.25) is 0 Å². The third-order valence-electron chi connectivity index (χ3n) is 3.26. The lowest BCUT2D eigenvalue weighted by Gasteiger charge is -2.11. The molecule has 0 aromatic heterocycles.